The number of rotatable bonds is 2. The fourth-order valence-corrected chi connectivity index (χ4v) is 1.81. The minimum Gasteiger partial charge on any atom is -0.353 e. The van der Waals surface area contributed by atoms with Gasteiger partial charge in [-0.1, -0.05) is 12.1 Å². The molecule has 0 saturated carbocycles. The number of piperazine rings is 1. The van der Waals surface area contributed by atoms with Crippen LogP contribution >= 0.6 is 0 Å². The monoisotopic (exact) mass is 233 g/mol. The quantitative estimate of drug-likeness (QED) is 0.714. The summed E-state index contributed by atoms with van der Waals surface area (Å²) in [5, 5.41) is 2.27. The minimum atomic E-state index is -0.266. The van der Waals surface area contributed by atoms with Gasteiger partial charge in [0.2, 0.25) is 11.8 Å². The topological polar surface area (TPSA) is 75.4 Å². The lowest BCUT2D eigenvalue weighted by Crippen LogP contribution is -2.51. The van der Waals surface area contributed by atoms with Crippen molar-refractivity contribution >= 4 is 17.5 Å². The molecular formula is C12H15N3O2. The van der Waals surface area contributed by atoms with E-state index in [2.05, 4.69) is 5.32 Å². The highest BCUT2D eigenvalue weighted by atomic mass is 16.2. The van der Waals surface area contributed by atoms with Crippen molar-refractivity contribution < 1.29 is 9.59 Å². The van der Waals surface area contributed by atoms with E-state index in [1.54, 1.807) is 4.90 Å². The molecule has 5 heteroatoms. The van der Waals surface area contributed by atoms with Crippen molar-refractivity contribution in [3.05, 3.63) is 29.8 Å². The van der Waals surface area contributed by atoms with Crippen LogP contribution in [0.4, 0.5) is 5.69 Å². The first-order chi connectivity index (χ1) is 8.06. The lowest BCUT2D eigenvalue weighted by Gasteiger charge is -2.27. The third kappa shape index (κ3) is 2.62. The molecule has 1 saturated heterocycles. The van der Waals surface area contributed by atoms with Crippen LogP contribution < -0.4 is 16.0 Å². The van der Waals surface area contributed by atoms with Crippen molar-refractivity contribution in [2.24, 2.45) is 5.73 Å². The Hall–Kier alpha value is -1.88. The number of benzene rings is 1. The zero-order chi connectivity index (χ0) is 12.4. The first-order valence-electron chi connectivity index (χ1n) is 5.49. The molecule has 1 aromatic rings. The van der Waals surface area contributed by atoms with Gasteiger partial charge in [0, 0.05) is 11.7 Å². The number of nitrogens with two attached hydrogens (primary N) is 1. The van der Waals surface area contributed by atoms with Crippen LogP contribution in [0.5, 0.6) is 0 Å². The summed E-state index contributed by atoms with van der Waals surface area (Å²) in [7, 11) is 0. The highest BCUT2D eigenvalue weighted by molar-refractivity contribution is 6.02. The van der Waals surface area contributed by atoms with Crippen LogP contribution in [0, 0.1) is 0 Å². The largest absolute Gasteiger partial charge is 0.353 e. The van der Waals surface area contributed by atoms with E-state index in [1.807, 2.05) is 31.2 Å². The van der Waals surface area contributed by atoms with Gasteiger partial charge in [-0.2, -0.15) is 0 Å². The van der Waals surface area contributed by atoms with Gasteiger partial charge in [0.1, 0.15) is 0 Å². The van der Waals surface area contributed by atoms with E-state index in [4.69, 9.17) is 5.73 Å². The maximum Gasteiger partial charge on any atom is 0.246 e. The summed E-state index contributed by atoms with van der Waals surface area (Å²) in [6.45, 7) is 2.33. The Balaban J connectivity index is 2.16. The summed E-state index contributed by atoms with van der Waals surface area (Å²) in [6, 6.07) is 7.57. The molecule has 1 heterocycles. The summed E-state index contributed by atoms with van der Waals surface area (Å²) < 4.78 is 0. The average molecular weight is 233 g/mol. The number of nitrogens with zero attached hydrogens (tertiary/aromatic N) is 1. The molecule has 1 atom stereocenters. The summed E-state index contributed by atoms with van der Waals surface area (Å²) >= 11 is 0. The van der Waals surface area contributed by atoms with Crippen LogP contribution in [0.3, 0.4) is 0 Å². The third-order valence-corrected chi connectivity index (χ3v) is 2.73. The number of carbonyl (C=O) groups excluding carboxylic acids is 2. The number of hydrogen-bond donors (Lipinski definition) is 2. The van der Waals surface area contributed by atoms with Crippen LogP contribution in [0.2, 0.25) is 0 Å². The van der Waals surface area contributed by atoms with Crippen molar-refractivity contribution in [2.75, 3.05) is 18.0 Å². The van der Waals surface area contributed by atoms with Crippen molar-refractivity contribution in [3.8, 4) is 0 Å². The molecule has 0 unspecified atom stereocenters. The number of carbonyl (C=O) groups is 2. The van der Waals surface area contributed by atoms with Gasteiger partial charge in [-0.05, 0) is 24.6 Å². The zero-order valence-electron chi connectivity index (χ0n) is 9.64. The standard InChI is InChI=1S/C12H15N3O2/c1-8(13)9-2-4-10(5-3-9)15-6-11(16)14-12(17)7-15/h2-5,8H,6-7,13H2,1H3,(H,14,16,17)/t8-/m0/s1. The number of amides is 2. The van der Waals surface area contributed by atoms with E-state index in [-0.39, 0.29) is 30.9 Å². The minimum absolute atomic E-state index is 0.0182. The van der Waals surface area contributed by atoms with Crippen molar-refractivity contribution in [1.82, 2.24) is 5.32 Å². The number of nitrogens with one attached hydrogen (secondary N) is 1. The zero-order valence-corrected chi connectivity index (χ0v) is 9.64. The Bertz CT molecular complexity index is 424. The molecular weight excluding hydrogens is 218 g/mol. The molecule has 0 aromatic heterocycles. The van der Waals surface area contributed by atoms with E-state index in [0.29, 0.717) is 0 Å². The molecule has 1 aliphatic rings. The summed E-state index contributed by atoms with van der Waals surface area (Å²) in [5.74, 6) is -0.532. The summed E-state index contributed by atoms with van der Waals surface area (Å²) in [4.78, 5) is 24.2. The molecule has 0 spiro atoms. The van der Waals surface area contributed by atoms with Crippen LogP contribution in [0.1, 0.15) is 18.5 Å². The Morgan fingerprint density at radius 1 is 1.18 bits per heavy atom. The lowest BCUT2D eigenvalue weighted by molar-refractivity contribution is -0.130. The van der Waals surface area contributed by atoms with Crippen molar-refractivity contribution in [2.45, 2.75) is 13.0 Å². The van der Waals surface area contributed by atoms with Gasteiger partial charge in [-0.15, -0.1) is 0 Å². The highest BCUT2D eigenvalue weighted by Crippen LogP contribution is 2.18. The molecule has 1 fully saturated rings. The fraction of sp³-hybridized carbons (Fsp3) is 0.333. The predicted molar refractivity (Wildman–Crippen MR) is 64.4 cm³/mol. The second-order valence-corrected chi connectivity index (χ2v) is 4.21. The SMILES string of the molecule is C[C@H](N)c1ccc(N2CC(=O)NC(=O)C2)cc1. The molecule has 0 radical (unpaired) electrons. The number of anilines is 1. The van der Waals surface area contributed by atoms with E-state index >= 15 is 0 Å². The Morgan fingerprint density at radius 3 is 2.18 bits per heavy atom. The molecule has 3 N–H and O–H groups in total. The third-order valence-electron chi connectivity index (χ3n) is 2.73. The predicted octanol–water partition coefficient (Wildman–Crippen LogP) is 0.169. The fourth-order valence-electron chi connectivity index (χ4n) is 1.81. The highest BCUT2D eigenvalue weighted by Gasteiger charge is 2.22. The van der Waals surface area contributed by atoms with Crippen molar-refractivity contribution in [1.29, 1.82) is 0 Å². The smallest absolute Gasteiger partial charge is 0.246 e. The molecule has 0 bridgehead atoms. The lowest BCUT2D eigenvalue weighted by atomic mass is 10.1. The molecule has 90 valence electrons. The molecule has 5 nitrogen and oxygen atoms in total. The summed E-state index contributed by atoms with van der Waals surface area (Å²) in [5.41, 5.74) is 7.64. The van der Waals surface area contributed by atoms with Gasteiger partial charge >= 0.3 is 0 Å². The van der Waals surface area contributed by atoms with E-state index < -0.39 is 0 Å². The van der Waals surface area contributed by atoms with Gasteiger partial charge in [-0.25, -0.2) is 0 Å². The maximum atomic E-state index is 11.2. The molecule has 2 amide bonds. The van der Waals surface area contributed by atoms with Crippen LogP contribution in [-0.4, -0.2) is 24.9 Å². The van der Waals surface area contributed by atoms with Gasteiger partial charge in [-0.3, -0.25) is 14.9 Å². The van der Waals surface area contributed by atoms with Crippen molar-refractivity contribution in [3.63, 3.8) is 0 Å². The second kappa shape index (κ2) is 4.55. The first-order valence-corrected chi connectivity index (χ1v) is 5.49. The molecule has 0 aliphatic carbocycles. The van der Waals surface area contributed by atoms with Gasteiger partial charge in [0.15, 0.2) is 0 Å². The Morgan fingerprint density at radius 2 is 1.71 bits per heavy atom. The number of imide groups is 1. The maximum absolute atomic E-state index is 11.2. The van der Waals surface area contributed by atoms with E-state index in [1.165, 1.54) is 0 Å². The molecule has 1 aliphatic heterocycles. The normalized spacial score (nSPS) is 17.9. The number of hydrogen-bond acceptors (Lipinski definition) is 4. The van der Waals surface area contributed by atoms with E-state index in [0.717, 1.165) is 11.3 Å². The molecule has 1 aromatic carbocycles. The van der Waals surface area contributed by atoms with Crippen LogP contribution in [-0.2, 0) is 9.59 Å². The van der Waals surface area contributed by atoms with Crippen LogP contribution in [0.15, 0.2) is 24.3 Å². The Labute approximate surface area is 99.6 Å². The molecule has 2 rings (SSSR count). The summed E-state index contributed by atoms with van der Waals surface area (Å²) in [6.07, 6.45) is 0. The van der Waals surface area contributed by atoms with Gasteiger partial charge in [0.05, 0.1) is 13.1 Å². The average Bonchev–Trinajstić information content (AvgIpc) is 2.28. The first kappa shape index (κ1) is 11.6. The second-order valence-electron chi connectivity index (χ2n) is 4.21. The van der Waals surface area contributed by atoms with Gasteiger partial charge in [0.25, 0.3) is 0 Å². The van der Waals surface area contributed by atoms with Crippen LogP contribution in [0.25, 0.3) is 0 Å². The Kier molecular flexibility index (Phi) is 3.10. The molecule has 17 heavy (non-hydrogen) atoms. The van der Waals surface area contributed by atoms with Gasteiger partial charge < -0.3 is 10.6 Å². The van der Waals surface area contributed by atoms with E-state index in [9.17, 15) is 9.59 Å².